The molecule has 0 aliphatic carbocycles. The largest absolute Gasteiger partial charge is 0.347 e. The first kappa shape index (κ1) is 20.6. The minimum absolute atomic E-state index is 0.181. The van der Waals surface area contributed by atoms with Crippen LogP contribution >= 0.6 is 0 Å². The van der Waals surface area contributed by atoms with Crippen molar-refractivity contribution in [3.63, 3.8) is 0 Å². The molecule has 0 saturated carbocycles. The van der Waals surface area contributed by atoms with Crippen molar-refractivity contribution in [1.29, 1.82) is 0 Å². The average Bonchev–Trinajstić information content (AvgIpc) is 2.67. The fraction of sp³-hybridized carbons (Fsp3) is 0.292. The van der Waals surface area contributed by atoms with Crippen LogP contribution in [0.4, 0.5) is 4.39 Å². The van der Waals surface area contributed by atoms with Crippen LogP contribution in [-0.2, 0) is 0 Å². The van der Waals surface area contributed by atoms with Crippen molar-refractivity contribution in [2.24, 2.45) is 0 Å². The second-order valence-electron chi connectivity index (χ2n) is 8.45. The van der Waals surface area contributed by atoms with E-state index in [-0.39, 0.29) is 23.2 Å². The van der Waals surface area contributed by atoms with Gasteiger partial charge in [0.15, 0.2) is 0 Å². The highest BCUT2D eigenvalue weighted by molar-refractivity contribution is 5.96. The third kappa shape index (κ3) is 5.05. The van der Waals surface area contributed by atoms with Gasteiger partial charge >= 0.3 is 0 Å². The summed E-state index contributed by atoms with van der Waals surface area (Å²) in [5.41, 5.74) is 4.15. The maximum atomic E-state index is 13.4. The lowest BCUT2D eigenvalue weighted by Gasteiger charge is -2.21. The number of nitrogens with zero attached hydrogens (tertiary/aromatic N) is 2. The van der Waals surface area contributed by atoms with Crippen LogP contribution in [0.3, 0.4) is 0 Å². The summed E-state index contributed by atoms with van der Waals surface area (Å²) in [7, 11) is 0. The number of amides is 1. The van der Waals surface area contributed by atoms with Crippen molar-refractivity contribution in [1.82, 2.24) is 15.3 Å². The molecule has 4 nitrogen and oxygen atoms in total. The summed E-state index contributed by atoms with van der Waals surface area (Å²) in [5.74, 6) is -0.222. The lowest BCUT2D eigenvalue weighted by Crippen LogP contribution is -2.40. The summed E-state index contributed by atoms with van der Waals surface area (Å²) in [6, 6.07) is 11.6. The van der Waals surface area contributed by atoms with E-state index >= 15 is 0 Å². The Hall–Kier alpha value is -3.08. The first-order valence-corrected chi connectivity index (χ1v) is 9.69. The highest BCUT2D eigenvalue weighted by Crippen LogP contribution is 2.30. The smallest absolute Gasteiger partial charge is 0.251 e. The summed E-state index contributed by atoms with van der Waals surface area (Å²) >= 11 is 0. The highest BCUT2D eigenvalue weighted by atomic mass is 19.1. The number of carbonyl (C=O) groups is 1. The van der Waals surface area contributed by atoms with Gasteiger partial charge in [0.2, 0.25) is 0 Å². The van der Waals surface area contributed by atoms with E-state index in [0.717, 1.165) is 16.7 Å². The van der Waals surface area contributed by atoms with Crippen LogP contribution in [0.2, 0.25) is 0 Å². The molecule has 0 atom stereocenters. The van der Waals surface area contributed by atoms with Crippen LogP contribution in [0.25, 0.3) is 22.5 Å². The molecule has 0 saturated heterocycles. The lowest BCUT2D eigenvalue weighted by atomic mass is 9.95. The van der Waals surface area contributed by atoms with Gasteiger partial charge in [0.05, 0.1) is 11.4 Å². The average molecular weight is 391 g/mol. The zero-order valence-electron chi connectivity index (χ0n) is 17.5. The van der Waals surface area contributed by atoms with Gasteiger partial charge in [0, 0.05) is 34.6 Å². The maximum absolute atomic E-state index is 13.4. The van der Waals surface area contributed by atoms with Gasteiger partial charge in [-0.05, 0) is 74.7 Å². The third-order valence-electron chi connectivity index (χ3n) is 4.47. The molecule has 0 radical (unpaired) electrons. The van der Waals surface area contributed by atoms with Gasteiger partial charge in [-0.1, -0.05) is 13.8 Å². The maximum Gasteiger partial charge on any atom is 0.251 e. The topological polar surface area (TPSA) is 54.9 Å². The summed E-state index contributed by atoms with van der Waals surface area (Å²) in [6.45, 7) is 10.0. The monoisotopic (exact) mass is 391 g/mol. The van der Waals surface area contributed by atoms with E-state index in [1.54, 1.807) is 36.7 Å². The van der Waals surface area contributed by atoms with E-state index in [2.05, 4.69) is 24.1 Å². The van der Waals surface area contributed by atoms with E-state index in [1.165, 1.54) is 12.1 Å². The fourth-order valence-corrected chi connectivity index (χ4v) is 3.10. The zero-order chi connectivity index (χ0) is 21.2. The van der Waals surface area contributed by atoms with Crippen LogP contribution in [-0.4, -0.2) is 21.4 Å². The summed E-state index contributed by atoms with van der Waals surface area (Å²) in [5, 5.41) is 3.00. The third-order valence-corrected chi connectivity index (χ3v) is 4.47. The second-order valence-corrected chi connectivity index (χ2v) is 8.45. The standard InChI is InChI=1S/C24H26FN3O/c1-15(2)19-10-11-26-14-20(19)22-13-17(23(29)28-24(3,4)5)12-21(27-22)16-6-8-18(25)9-7-16/h6-15H,1-5H3,(H,28,29). The van der Waals surface area contributed by atoms with Gasteiger partial charge in [-0.25, -0.2) is 9.37 Å². The number of pyridine rings is 2. The van der Waals surface area contributed by atoms with Gasteiger partial charge in [0.25, 0.3) is 5.91 Å². The van der Waals surface area contributed by atoms with Crippen LogP contribution in [0.1, 0.15) is 56.5 Å². The Kier molecular flexibility index (Phi) is 5.78. The molecule has 0 unspecified atom stereocenters. The number of carbonyl (C=O) groups excluding carboxylic acids is 1. The van der Waals surface area contributed by atoms with Crippen molar-refractivity contribution in [2.45, 2.75) is 46.1 Å². The van der Waals surface area contributed by atoms with Gasteiger partial charge in [-0.3, -0.25) is 9.78 Å². The molecule has 150 valence electrons. The van der Waals surface area contributed by atoms with Crippen molar-refractivity contribution in [2.75, 3.05) is 0 Å². The lowest BCUT2D eigenvalue weighted by molar-refractivity contribution is 0.0919. The number of nitrogens with one attached hydrogen (secondary N) is 1. The zero-order valence-corrected chi connectivity index (χ0v) is 17.5. The van der Waals surface area contributed by atoms with Crippen molar-refractivity contribution < 1.29 is 9.18 Å². The predicted molar refractivity (Wildman–Crippen MR) is 114 cm³/mol. The minimum atomic E-state index is -0.367. The normalized spacial score (nSPS) is 11.6. The molecule has 3 rings (SSSR count). The second kappa shape index (κ2) is 8.11. The van der Waals surface area contributed by atoms with Crippen LogP contribution in [0.5, 0.6) is 0 Å². The van der Waals surface area contributed by atoms with Gasteiger partial charge in [-0.15, -0.1) is 0 Å². The van der Waals surface area contributed by atoms with Crippen LogP contribution in [0.15, 0.2) is 54.9 Å². The molecule has 0 fully saturated rings. The Bertz CT molecular complexity index is 1020. The van der Waals surface area contributed by atoms with E-state index in [1.807, 2.05) is 26.8 Å². The van der Waals surface area contributed by atoms with Gasteiger partial charge in [0.1, 0.15) is 5.82 Å². The SMILES string of the molecule is CC(C)c1ccncc1-c1cc(C(=O)NC(C)(C)C)cc(-c2ccc(F)cc2)n1. The first-order valence-electron chi connectivity index (χ1n) is 9.69. The molecule has 29 heavy (non-hydrogen) atoms. The minimum Gasteiger partial charge on any atom is -0.347 e. The molecule has 0 aliphatic heterocycles. The number of rotatable bonds is 4. The molecular weight excluding hydrogens is 365 g/mol. The molecule has 5 heteroatoms. The van der Waals surface area contributed by atoms with E-state index in [4.69, 9.17) is 4.98 Å². The number of hydrogen-bond donors (Lipinski definition) is 1. The molecule has 2 aromatic heterocycles. The number of aromatic nitrogens is 2. The molecule has 1 aromatic carbocycles. The number of hydrogen-bond acceptors (Lipinski definition) is 3. The Morgan fingerprint density at radius 3 is 2.31 bits per heavy atom. The fourth-order valence-electron chi connectivity index (χ4n) is 3.10. The number of benzene rings is 1. The molecule has 0 bridgehead atoms. The Morgan fingerprint density at radius 1 is 1.03 bits per heavy atom. The van der Waals surface area contributed by atoms with E-state index in [9.17, 15) is 9.18 Å². The van der Waals surface area contributed by atoms with Crippen LogP contribution < -0.4 is 5.32 Å². The van der Waals surface area contributed by atoms with Gasteiger partial charge < -0.3 is 5.32 Å². The molecular formula is C24H26FN3O. The first-order chi connectivity index (χ1) is 13.6. The Morgan fingerprint density at radius 2 is 1.69 bits per heavy atom. The summed E-state index contributed by atoms with van der Waals surface area (Å²) in [4.78, 5) is 21.9. The molecule has 3 aromatic rings. The van der Waals surface area contributed by atoms with Crippen molar-refractivity contribution in [3.8, 4) is 22.5 Å². The predicted octanol–water partition coefficient (Wildman–Crippen LogP) is 5.60. The van der Waals surface area contributed by atoms with Gasteiger partial charge in [-0.2, -0.15) is 0 Å². The van der Waals surface area contributed by atoms with Crippen LogP contribution in [0, 0.1) is 5.82 Å². The molecule has 0 spiro atoms. The van der Waals surface area contributed by atoms with Crippen molar-refractivity contribution >= 4 is 5.91 Å². The van der Waals surface area contributed by atoms with E-state index in [0.29, 0.717) is 17.0 Å². The summed E-state index contributed by atoms with van der Waals surface area (Å²) < 4.78 is 13.4. The van der Waals surface area contributed by atoms with E-state index < -0.39 is 0 Å². The Balaban J connectivity index is 2.18. The molecule has 1 amide bonds. The summed E-state index contributed by atoms with van der Waals surface area (Å²) in [6.07, 6.45) is 3.54. The quantitative estimate of drug-likeness (QED) is 0.630. The highest BCUT2D eigenvalue weighted by Gasteiger charge is 2.19. The molecule has 1 N–H and O–H groups in total. The van der Waals surface area contributed by atoms with Crippen molar-refractivity contribution in [3.05, 3.63) is 71.8 Å². The number of halogens is 1. The molecule has 2 heterocycles. The Labute approximate surface area is 171 Å². The molecule has 0 aliphatic rings.